The van der Waals surface area contributed by atoms with E-state index in [9.17, 15) is 24.9 Å². The predicted octanol–water partition coefficient (Wildman–Crippen LogP) is -0.603. The Morgan fingerprint density at radius 3 is 2.46 bits per heavy atom. The molecule has 140 valence electrons. The summed E-state index contributed by atoms with van der Waals surface area (Å²) in [5, 5.41) is 31.8. The minimum absolute atomic E-state index is 0.0996. The summed E-state index contributed by atoms with van der Waals surface area (Å²) >= 11 is 1.29. The van der Waals surface area contributed by atoms with Crippen molar-refractivity contribution in [3.8, 4) is 0 Å². The van der Waals surface area contributed by atoms with Gasteiger partial charge in [0.1, 0.15) is 24.4 Å². The number of amides is 1. The zero-order valence-electron chi connectivity index (χ0n) is 14.0. The minimum Gasteiger partial charge on any atom is -0.394 e. The largest absolute Gasteiger partial charge is 0.394 e. The molecule has 8 nitrogen and oxygen atoms in total. The van der Waals surface area contributed by atoms with E-state index in [-0.39, 0.29) is 11.0 Å². The van der Waals surface area contributed by atoms with Crippen LogP contribution in [0.5, 0.6) is 0 Å². The molecule has 1 rings (SSSR count). The van der Waals surface area contributed by atoms with Gasteiger partial charge in [0.05, 0.1) is 6.61 Å². The van der Waals surface area contributed by atoms with Crippen LogP contribution in [0.3, 0.4) is 0 Å². The molecule has 0 aromatic heterocycles. The highest BCUT2D eigenvalue weighted by Gasteiger charge is 2.45. The van der Waals surface area contributed by atoms with E-state index < -0.39 is 37.3 Å². The third-order valence-electron chi connectivity index (χ3n) is 3.63. The van der Waals surface area contributed by atoms with Crippen LogP contribution >= 0.6 is 11.8 Å². The first-order chi connectivity index (χ1) is 11.4. The number of aliphatic hydroxyl groups is 3. The van der Waals surface area contributed by atoms with Crippen molar-refractivity contribution in [1.29, 1.82) is 0 Å². The number of thioether (sulfide) groups is 1. The molecule has 0 saturated carbocycles. The maximum atomic E-state index is 11.3. The van der Waals surface area contributed by atoms with E-state index >= 15 is 0 Å². The molecule has 1 aliphatic heterocycles. The first-order valence-corrected chi connectivity index (χ1v) is 9.00. The van der Waals surface area contributed by atoms with Crippen molar-refractivity contribution in [2.75, 3.05) is 19.0 Å². The number of hydrogen-bond donors (Lipinski definition) is 4. The van der Waals surface area contributed by atoms with Gasteiger partial charge in [-0.2, -0.15) is 0 Å². The van der Waals surface area contributed by atoms with E-state index in [2.05, 4.69) is 5.32 Å². The lowest BCUT2D eigenvalue weighted by molar-refractivity contribution is -0.270. The Balaban J connectivity index is 2.43. The second-order valence-corrected chi connectivity index (χ2v) is 6.98. The Bertz CT molecular complexity index is 409. The molecular weight excluding hydrogens is 338 g/mol. The number of aliphatic hydroxyl groups excluding tert-OH is 3. The summed E-state index contributed by atoms with van der Waals surface area (Å²) in [6, 6.07) is -0.909. The van der Waals surface area contributed by atoms with Gasteiger partial charge in [0.2, 0.25) is 5.91 Å². The molecule has 24 heavy (non-hydrogen) atoms. The van der Waals surface area contributed by atoms with Crippen LogP contribution in [0.25, 0.3) is 0 Å². The minimum atomic E-state index is -1.31. The van der Waals surface area contributed by atoms with Crippen LogP contribution in [-0.2, 0) is 19.1 Å². The quantitative estimate of drug-likeness (QED) is 0.399. The van der Waals surface area contributed by atoms with Crippen molar-refractivity contribution in [2.45, 2.75) is 63.8 Å². The number of nitrogens with one attached hydrogen (secondary N) is 1. The van der Waals surface area contributed by atoms with Gasteiger partial charge in [0, 0.05) is 26.2 Å². The Morgan fingerprint density at radius 2 is 1.88 bits per heavy atom. The average molecular weight is 365 g/mol. The zero-order chi connectivity index (χ0) is 18.1. The van der Waals surface area contributed by atoms with Crippen LogP contribution in [-0.4, -0.2) is 76.0 Å². The van der Waals surface area contributed by atoms with Crippen molar-refractivity contribution in [2.24, 2.45) is 0 Å². The molecule has 4 N–H and O–H groups in total. The van der Waals surface area contributed by atoms with Crippen LogP contribution < -0.4 is 5.32 Å². The molecule has 1 fully saturated rings. The van der Waals surface area contributed by atoms with Gasteiger partial charge in [0.25, 0.3) is 0 Å². The maximum Gasteiger partial charge on any atom is 0.217 e. The smallest absolute Gasteiger partial charge is 0.217 e. The van der Waals surface area contributed by atoms with Crippen LogP contribution in [0.1, 0.15) is 33.1 Å². The molecule has 1 heterocycles. The number of rotatable bonds is 9. The fraction of sp³-hybridized carbons (Fsp3) is 0.867. The number of unbranched alkanes of at least 4 members (excludes halogenated alkanes) is 2. The van der Waals surface area contributed by atoms with Gasteiger partial charge in [-0.25, -0.2) is 0 Å². The Morgan fingerprint density at radius 1 is 1.17 bits per heavy atom. The van der Waals surface area contributed by atoms with E-state index in [0.717, 1.165) is 25.0 Å². The normalized spacial score (nSPS) is 30.1. The summed E-state index contributed by atoms with van der Waals surface area (Å²) in [6.45, 7) is 2.70. The van der Waals surface area contributed by atoms with Crippen molar-refractivity contribution in [3.05, 3.63) is 0 Å². The summed E-state index contributed by atoms with van der Waals surface area (Å²) in [5.41, 5.74) is 0. The lowest BCUT2D eigenvalue weighted by atomic mass is 9.97. The summed E-state index contributed by atoms with van der Waals surface area (Å²) in [6.07, 6.45) is -2.04. The van der Waals surface area contributed by atoms with E-state index in [1.165, 1.54) is 25.6 Å². The highest BCUT2D eigenvalue weighted by atomic mass is 32.2. The van der Waals surface area contributed by atoms with E-state index in [4.69, 9.17) is 9.47 Å². The molecule has 0 spiro atoms. The molecular formula is C15H27NO7S. The molecule has 1 amide bonds. The highest BCUT2D eigenvalue weighted by molar-refractivity contribution is 8.13. The van der Waals surface area contributed by atoms with Crippen molar-refractivity contribution in [1.82, 2.24) is 5.32 Å². The van der Waals surface area contributed by atoms with Crippen molar-refractivity contribution < 1.29 is 34.4 Å². The Kier molecular flexibility index (Phi) is 9.79. The van der Waals surface area contributed by atoms with Crippen LogP contribution in [0.4, 0.5) is 0 Å². The highest BCUT2D eigenvalue weighted by Crippen LogP contribution is 2.22. The predicted molar refractivity (Wildman–Crippen MR) is 88.3 cm³/mol. The van der Waals surface area contributed by atoms with E-state index in [0.29, 0.717) is 6.61 Å². The van der Waals surface area contributed by atoms with Gasteiger partial charge in [-0.15, -0.1) is 0 Å². The molecule has 0 aliphatic carbocycles. The molecule has 1 aliphatic rings. The summed E-state index contributed by atoms with van der Waals surface area (Å²) in [4.78, 5) is 22.1. The standard InChI is InChI=1S/C15H27NO7S/c1-9(18)16-12-14(21)13(20)11(8-17)23-15(12)22-6-4-3-5-7-24-10(2)19/h11-15,17,20-21H,3-8H2,1-2H3,(H,16,18)/t11?,12-,13-,14?,15+/m0/s1. The zero-order valence-corrected chi connectivity index (χ0v) is 14.8. The van der Waals surface area contributed by atoms with Gasteiger partial charge >= 0.3 is 0 Å². The molecule has 0 aromatic rings. The second-order valence-electron chi connectivity index (χ2n) is 5.70. The number of carbonyl (C=O) groups is 2. The first kappa shape index (κ1) is 21.3. The fourth-order valence-corrected chi connectivity index (χ4v) is 3.05. The molecule has 1 saturated heterocycles. The molecule has 2 unspecified atom stereocenters. The van der Waals surface area contributed by atoms with Gasteiger partial charge in [-0.3, -0.25) is 9.59 Å². The fourth-order valence-electron chi connectivity index (χ4n) is 2.41. The van der Waals surface area contributed by atoms with Gasteiger partial charge in [-0.05, 0) is 12.8 Å². The SMILES string of the molecule is CC(=O)N[C@H]1C(O)[C@@H](O)C(CO)O[C@H]1OCCCCCSC(C)=O. The van der Waals surface area contributed by atoms with Crippen LogP contribution in [0.15, 0.2) is 0 Å². The summed E-state index contributed by atoms with van der Waals surface area (Å²) in [7, 11) is 0. The topological polar surface area (TPSA) is 125 Å². The van der Waals surface area contributed by atoms with E-state index in [1.807, 2.05) is 0 Å². The molecule has 0 aromatic carbocycles. The maximum absolute atomic E-state index is 11.3. The number of ether oxygens (including phenoxy) is 2. The van der Waals surface area contributed by atoms with Crippen molar-refractivity contribution >= 4 is 22.8 Å². The molecule has 5 atom stereocenters. The average Bonchev–Trinajstić information content (AvgIpc) is 2.52. The first-order valence-electron chi connectivity index (χ1n) is 8.01. The van der Waals surface area contributed by atoms with Gasteiger partial charge in [0.15, 0.2) is 11.4 Å². The number of carbonyl (C=O) groups excluding carboxylic acids is 2. The lowest BCUT2D eigenvalue weighted by Gasteiger charge is -2.42. The Labute approximate surface area is 145 Å². The van der Waals surface area contributed by atoms with E-state index in [1.54, 1.807) is 0 Å². The van der Waals surface area contributed by atoms with Gasteiger partial charge in [-0.1, -0.05) is 18.2 Å². The molecule has 9 heteroatoms. The van der Waals surface area contributed by atoms with Crippen molar-refractivity contribution in [3.63, 3.8) is 0 Å². The third-order valence-corrected chi connectivity index (χ3v) is 4.53. The van der Waals surface area contributed by atoms with Crippen LogP contribution in [0, 0.1) is 0 Å². The summed E-state index contributed by atoms with van der Waals surface area (Å²) in [5.74, 6) is 0.383. The summed E-state index contributed by atoms with van der Waals surface area (Å²) < 4.78 is 11.0. The number of hydrogen-bond acceptors (Lipinski definition) is 8. The molecule has 0 radical (unpaired) electrons. The Hall–Kier alpha value is -0.710. The third kappa shape index (κ3) is 7.04. The monoisotopic (exact) mass is 365 g/mol. The second kappa shape index (κ2) is 11.0. The lowest BCUT2D eigenvalue weighted by Crippen LogP contribution is -2.64. The molecule has 0 bridgehead atoms. The van der Waals surface area contributed by atoms with Gasteiger partial charge < -0.3 is 30.1 Å². The van der Waals surface area contributed by atoms with Crippen LogP contribution in [0.2, 0.25) is 0 Å².